The van der Waals surface area contributed by atoms with Gasteiger partial charge in [0.05, 0.1) is 6.10 Å². The SMILES string of the molecule is CC=C[C@@H]1C[C@H](O)[C@H]2[C@@H](C=CC(C)[C@@H]2CO)C1. The average molecular weight is 236 g/mol. The van der Waals surface area contributed by atoms with Gasteiger partial charge in [0.15, 0.2) is 0 Å². The molecule has 0 aromatic rings. The highest BCUT2D eigenvalue weighted by molar-refractivity contribution is 5.09. The van der Waals surface area contributed by atoms with Crippen LogP contribution in [0.15, 0.2) is 24.3 Å². The largest absolute Gasteiger partial charge is 0.396 e. The van der Waals surface area contributed by atoms with Gasteiger partial charge in [0.2, 0.25) is 0 Å². The van der Waals surface area contributed by atoms with Crippen LogP contribution in [0.4, 0.5) is 0 Å². The van der Waals surface area contributed by atoms with Gasteiger partial charge in [-0.3, -0.25) is 0 Å². The van der Waals surface area contributed by atoms with Gasteiger partial charge in [0.25, 0.3) is 0 Å². The van der Waals surface area contributed by atoms with Crippen LogP contribution in [0.1, 0.15) is 26.7 Å². The monoisotopic (exact) mass is 236 g/mol. The molecule has 2 nitrogen and oxygen atoms in total. The van der Waals surface area contributed by atoms with Crippen LogP contribution in [-0.2, 0) is 0 Å². The molecule has 1 unspecified atom stereocenters. The first-order valence-corrected chi connectivity index (χ1v) is 6.77. The van der Waals surface area contributed by atoms with Crippen molar-refractivity contribution < 1.29 is 10.2 Å². The van der Waals surface area contributed by atoms with Crippen molar-refractivity contribution in [2.45, 2.75) is 32.8 Å². The van der Waals surface area contributed by atoms with Crippen LogP contribution in [0.5, 0.6) is 0 Å². The van der Waals surface area contributed by atoms with Gasteiger partial charge in [-0.1, -0.05) is 31.2 Å². The predicted octanol–water partition coefficient (Wildman–Crippen LogP) is 2.38. The van der Waals surface area contributed by atoms with E-state index in [4.69, 9.17) is 0 Å². The maximum Gasteiger partial charge on any atom is 0.0583 e. The first kappa shape index (κ1) is 12.8. The molecular formula is C15H24O2. The van der Waals surface area contributed by atoms with Crippen LogP contribution in [-0.4, -0.2) is 22.9 Å². The molecule has 0 bridgehead atoms. The lowest BCUT2D eigenvalue weighted by molar-refractivity contribution is -0.0320. The molecule has 2 aliphatic rings. The third-order valence-electron chi connectivity index (χ3n) is 4.56. The Morgan fingerprint density at radius 1 is 1.29 bits per heavy atom. The molecule has 2 aliphatic carbocycles. The van der Waals surface area contributed by atoms with Gasteiger partial charge in [-0.05, 0) is 49.4 Å². The van der Waals surface area contributed by atoms with E-state index in [1.54, 1.807) is 0 Å². The minimum atomic E-state index is -0.264. The summed E-state index contributed by atoms with van der Waals surface area (Å²) in [5.41, 5.74) is 0. The lowest BCUT2D eigenvalue weighted by Gasteiger charge is -2.45. The molecule has 1 fully saturated rings. The van der Waals surface area contributed by atoms with E-state index in [0.29, 0.717) is 17.8 Å². The molecule has 0 saturated heterocycles. The fraction of sp³-hybridized carbons (Fsp3) is 0.733. The van der Waals surface area contributed by atoms with E-state index in [1.165, 1.54) is 0 Å². The molecule has 0 radical (unpaired) electrons. The summed E-state index contributed by atoms with van der Waals surface area (Å²) in [6.45, 7) is 4.37. The summed E-state index contributed by atoms with van der Waals surface area (Å²) in [6, 6.07) is 0. The number of hydrogen-bond donors (Lipinski definition) is 2. The molecule has 0 heterocycles. The minimum Gasteiger partial charge on any atom is -0.396 e. The van der Waals surface area contributed by atoms with Gasteiger partial charge in [-0.2, -0.15) is 0 Å². The van der Waals surface area contributed by atoms with Crippen molar-refractivity contribution >= 4 is 0 Å². The Morgan fingerprint density at radius 3 is 2.71 bits per heavy atom. The number of hydrogen-bond acceptors (Lipinski definition) is 2. The maximum atomic E-state index is 10.3. The highest BCUT2D eigenvalue weighted by Gasteiger charge is 2.42. The van der Waals surface area contributed by atoms with Gasteiger partial charge in [-0.25, -0.2) is 0 Å². The van der Waals surface area contributed by atoms with Crippen LogP contribution in [0, 0.1) is 29.6 Å². The summed E-state index contributed by atoms with van der Waals surface area (Å²) in [5, 5.41) is 19.9. The molecule has 0 spiro atoms. The fourth-order valence-corrected chi connectivity index (χ4v) is 3.69. The molecule has 1 saturated carbocycles. The Morgan fingerprint density at radius 2 is 2.06 bits per heavy atom. The Kier molecular flexibility index (Phi) is 4.05. The number of rotatable bonds is 2. The van der Waals surface area contributed by atoms with Gasteiger partial charge < -0.3 is 10.2 Å². The summed E-state index contributed by atoms with van der Waals surface area (Å²) in [6.07, 6.45) is 10.5. The Balaban J connectivity index is 2.17. The van der Waals surface area contributed by atoms with Crippen molar-refractivity contribution in [1.82, 2.24) is 0 Å². The maximum absolute atomic E-state index is 10.3. The third-order valence-corrected chi connectivity index (χ3v) is 4.56. The van der Waals surface area contributed by atoms with E-state index in [2.05, 4.69) is 31.2 Å². The number of aliphatic hydroxyl groups excluding tert-OH is 2. The Hall–Kier alpha value is -0.600. The van der Waals surface area contributed by atoms with Crippen LogP contribution in [0.2, 0.25) is 0 Å². The molecular weight excluding hydrogens is 212 g/mol. The summed E-state index contributed by atoms with van der Waals surface area (Å²) >= 11 is 0. The number of fused-ring (bicyclic) bond motifs is 1. The molecule has 2 heteroatoms. The quantitative estimate of drug-likeness (QED) is 0.723. The van der Waals surface area contributed by atoms with E-state index < -0.39 is 0 Å². The highest BCUT2D eigenvalue weighted by Crippen LogP contribution is 2.44. The molecule has 0 amide bonds. The van der Waals surface area contributed by atoms with E-state index in [1.807, 2.05) is 6.92 Å². The molecule has 2 N–H and O–H groups in total. The topological polar surface area (TPSA) is 40.5 Å². The van der Waals surface area contributed by atoms with Crippen molar-refractivity contribution in [3.05, 3.63) is 24.3 Å². The molecule has 0 aliphatic heterocycles. The Bertz CT molecular complexity index is 308. The first-order valence-electron chi connectivity index (χ1n) is 6.77. The van der Waals surface area contributed by atoms with Crippen LogP contribution < -0.4 is 0 Å². The van der Waals surface area contributed by atoms with Crippen molar-refractivity contribution in [3.63, 3.8) is 0 Å². The smallest absolute Gasteiger partial charge is 0.0583 e. The molecule has 17 heavy (non-hydrogen) atoms. The minimum absolute atomic E-state index is 0.192. The molecule has 96 valence electrons. The molecule has 6 atom stereocenters. The predicted molar refractivity (Wildman–Crippen MR) is 69.4 cm³/mol. The lowest BCUT2D eigenvalue weighted by Crippen LogP contribution is -2.44. The van der Waals surface area contributed by atoms with E-state index in [0.717, 1.165) is 12.8 Å². The van der Waals surface area contributed by atoms with Crippen molar-refractivity contribution in [1.29, 1.82) is 0 Å². The number of allylic oxidation sites excluding steroid dienone is 4. The van der Waals surface area contributed by atoms with Crippen LogP contribution in [0.3, 0.4) is 0 Å². The zero-order valence-corrected chi connectivity index (χ0v) is 10.8. The van der Waals surface area contributed by atoms with Crippen molar-refractivity contribution in [3.8, 4) is 0 Å². The molecule has 2 rings (SSSR count). The van der Waals surface area contributed by atoms with Gasteiger partial charge in [-0.15, -0.1) is 0 Å². The van der Waals surface area contributed by atoms with E-state index in [-0.39, 0.29) is 24.5 Å². The first-order chi connectivity index (χ1) is 8.17. The normalized spacial score (nSPS) is 46.1. The highest BCUT2D eigenvalue weighted by atomic mass is 16.3. The third kappa shape index (κ3) is 2.48. The zero-order chi connectivity index (χ0) is 12.4. The summed E-state index contributed by atoms with van der Waals surface area (Å²) in [5.74, 6) is 1.80. The average Bonchev–Trinajstić information content (AvgIpc) is 2.30. The number of aliphatic hydroxyl groups is 2. The molecule has 0 aromatic carbocycles. The zero-order valence-electron chi connectivity index (χ0n) is 10.8. The lowest BCUT2D eigenvalue weighted by atomic mass is 9.62. The summed E-state index contributed by atoms with van der Waals surface area (Å²) in [7, 11) is 0. The Labute approximate surface area is 104 Å². The second-order valence-electron chi connectivity index (χ2n) is 5.66. The van der Waals surface area contributed by atoms with E-state index in [9.17, 15) is 10.2 Å². The molecule has 0 aromatic heterocycles. The summed E-state index contributed by atoms with van der Waals surface area (Å²) < 4.78 is 0. The van der Waals surface area contributed by atoms with Crippen molar-refractivity contribution in [2.75, 3.05) is 6.61 Å². The summed E-state index contributed by atoms with van der Waals surface area (Å²) in [4.78, 5) is 0. The second kappa shape index (κ2) is 5.36. The van der Waals surface area contributed by atoms with Crippen LogP contribution >= 0.6 is 0 Å². The van der Waals surface area contributed by atoms with Crippen LogP contribution in [0.25, 0.3) is 0 Å². The van der Waals surface area contributed by atoms with Gasteiger partial charge in [0.1, 0.15) is 0 Å². The van der Waals surface area contributed by atoms with Gasteiger partial charge in [0, 0.05) is 6.61 Å². The van der Waals surface area contributed by atoms with E-state index >= 15 is 0 Å². The van der Waals surface area contributed by atoms with Gasteiger partial charge >= 0.3 is 0 Å². The fourth-order valence-electron chi connectivity index (χ4n) is 3.69. The standard InChI is InChI=1S/C15H24O2/c1-3-4-11-7-12-6-5-10(2)13(9-16)15(12)14(17)8-11/h3-6,10-17H,7-9H2,1-2H3/t10?,11-,12-,13-,14-,15-/m0/s1. The second-order valence-corrected chi connectivity index (χ2v) is 5.66. The van der Waals surface area contributed by atoms with Crippen molar-refractivity contribution in [2.24, 2.45) is 29.6 Å².